The number of rotatable bonds is 5. The number of nitrogens with one attached hydrogen (secondary N) is 1. The lowest BCUT2D eigenvalue weighted by Gasteiger charge is -2.11. The van der Waals surface area contributed by atoms with Crippen molar-refractivity contribution in [2.75, 3.05) is 11.1 Å². The van der Waals surface area contributed by atoms with Crippen molar-refractivity contribution in [2.24, 2.45) is 5.14 Å². The van der Waals surface area contributed by atoms with Crippen molar-refractivity contribution in [3.05, 3.63) is 48.0 Å². The van der Waals surface area contributed by atoms with Gasteiger partial charge in [0.2, 0.25) is 10.0 Å². The third kappa shape index (κ3) is 3.96. The Labute approximate surface area is 125 Å². The van der Waals surface area contributed by atoms with Crippen LogP contribution in [0.2, 0.25) is 0 Å². The predicted octanol–water partition coefficient (Wildman–Crippen LogP) is 2.61. The molecule has 0 saturated heterocycles. The van der Waals surface area contributed by atoms with E-state index in [1.54, 1.807) is 6.07 Å². The molecule has 0 heterocycles. The van der Waals surface area contributed by atoms with E-state index in [0.717, 1.165) is 18.5 Å². The second-order valence-electron chi connectivity index (χ2n) is 4.87. The summed E-state index contributed by atoms with van der Waals surface area (Å²) in [6.07, 6.45) is 2.15. The summed E-state index contributed by atoms with van der Waals surface area (Å²) in [6.45, 7) is 2.14. The number of sulfonamides is 1. The number of hydrogen-bond acceptors (Lipinski definition) is 4. The summed E-state index contributed by atoms with van der Waals surface area (Å²) in [5, 5.41) is 8.23. The van der Waals surface area contributed by atoms with Crippen molar-refractivity contribution in [2.45, 2.75) is 24.7 Å². The molecule has 2 rings (SSSR count). The minimum Gasteiger partial charge on any atom is -0.397 e. The van der Waals surface area contributed by atoms with Crippen molar-refractivity contribution in [3.63, 3.8) is 0 Å². The van der Waals surface area contributed by atoms with E-state index < -0.39 is 10.0 Å². The van der Waals surface area contributed by atoms with Crippen LogP contribution in [0.1, 0.15) is 18.9 Å². The maximum absolute atomic E-state index is 11.3. The van der Waals surface area contributed by atoms with Crippen molar-refractivity contribution >= 4 is 27.1 Å². The van der Waals surface area contributed by atoms with Gasteiger partial charge in [-0.2, -0.15) is 0 Å². The number of aryl methyl sites for hydroxylation is 1. The molecule has 0 amide bonds. The van der Waals surface area contributed by atoms with Crippen LogP contribution in [0, 0.1) is 0 Å². The average molecular weight is 305 g/mol. The summed E-state index contributed by atoms with van der Waals surface area (Å²) in [7, 11) is -3.73. The summed E-state index contributed by atoms with van der Waals surface area (Å²) in [4.78, 5) is 0.00356. The van der Waals surface area contributed by atoms with E-state index in [1.165, 1.54) is 17.7 Å². The second kappa shape index (κ2) is 6.15. The normalized spacial score (nSPS) is 11.3. The first-order valence-corrected chi connectivity index (χ1v) is 8.23. The molecule has 2 aromatic carbocycles. The lowest BCUT2D eigenvalue weighted by molar-refractivity contribution is 0.598. The molecule has 0 atom stereocenters. The molecule has 6 heteroatoms. The lowest BCUT2D eigenvalue weighted by atomic mass is 10.1. The van der Waals surface area contributed by atoms with Gasteiger partial charge in [0.15, 0.2) is 0 Å². The Morgan fingerprint density at radius 1 is 1.10 bits per heavy atom. The number of nitrogens with two attached hydrogens (primary N) is 2. The monoisotopic (exact) mass is 305 g/mol. The van der Waals surface area contributed by atoms with Gasteiger partial charge in [0.05, 0.1) is 16.3 Å². The van der Waals surface area contributed by atoms with Crippen LogP contribution in [0.5, 0.6) is 0 Å². The first kappa shape index (κ1) is 15.3. The number of anilines is 3. The number of hydrogen-bond donors (Lipinski definition) is 3. The molecule has 0 aliphatic heterocycles. The topological polar surface area (TPSA) is 98.2 Å². The fraction of sp³-hybridized carbons (Fsp3) is 0.200. The van der Waals surface area contributed by atoms with Crippen molar-refractivity contribution in [1.29, 1.82) is 0 Å². The Balaban J connectivity index is 2.20. The van der Waals surface area contributed by atoms with Crippen LogP contribution in [0.4, 0.5) is 17.1 Å². The summed E-state index contributed by atoms with van der Waals surface area (Å²) in [5.41, 5.74) is 9.01. The van der Waals surface area contributed by atoms with Gasteiger partial charge in [-0.3, -0.25) is 0 Å². The van der Waals surface area contributed by atoms with Gasteiger partial charge in [0.1, 0.15) is 0 Å². The quantitative estimate of drug-likeness (QED) is 0.739. The van der Waals surface area contributed by atoms with Crippen LogP contribution in [-0.4, -0.2) is 8.42 Å². The minimum atomic E-state index is -3.73. The highest BCUT2D eigenvalue weighted by atomic mass is 32.2. The molecular weight excluding hydrogens is 286 g/mol. The van der Waals surface area contributed by atoms with E-state index in [4.69, 9.17) is 10.9 Å². The first-order valence-electron chi connectivity index (χ1n) is 6.68. The maximum atomic E-state index is 11.3. The molecule has 0 spiro atoms. The third-order valence-corrected chi connectivity index (χ3v) is 4.03. The molecule has 0 aliphatic carbocycles. The second-order valence-corrected chi connectivity index (χ2v) is 6.43. The van der Waals surface area contributed by atoms with E-state index in [0.29, 0.717) is 11.4 Å². The minimum absolute atomic E-state index is 0.00356. The molecule has 0 bridgehead atoms. The lowest BCUT2D eigenvalue weighted by Crippen LogP contribution is -2.12. The van der Waals surface area contributed by atoms with Crippen LogP contribution in [0.3, 0.4) is 0 Å². The zero-order chi connectivity index (χ0) is 15.5. The Morgan fingerprint density at radius 2 is 1.76 bits per heavy atom. The highest BCUT2D eigenvalue weighted by Crippen LogP contribution is 2.25. The van der Waals surface area contributed by atoms with Gasteiger partial charge >= 0.3 is 0 Å². The van der Waals surface area contributed by atoms with Gasteiger partial charge in [-0.25, -0.2) is 13.6 Å². The smallest absolute Gasteiger partial charge is 0.238 e. The van der Waals surface area contributed by atoms with E-state index in [1.807, 2.05) is 12.1 Å². The summed E-state index contributed by atoms with van der Waals surface area (Å²) >= 11 is 0. The molecule has 2 aromatic rings. The van der Waals surface area contributed by atoms with Gasteiger partial charge < -0.3 is 11.1 Å². The maximum Gasteiger partial charge on any atom is 0.238 e. The molecule has 5 N–H and O–H groups in total. The van der Waals surface area contributed by atoms with Gasteiger partial charge in [0.25, 0.3) is 0 Å². The molecule has 5 nitrogen and oxygen atoms in total. The van der Waals surface area contributed by atoms with Crippen LogP contribution < -0.4 is 16.2 Å². The van der Waals surface area contributed by atoms with Crippen LogP contribution >= 0.6 is 0 Å². The zero-order valence-electron chi connectivity index (χ0n) is 11.8. The van der Waals surface area contributed by atoms with Crippen LogP contribution in [0.25, 0.3) is 0 Å². The van der Waals surface area contributed by atoms with E-state index >= 15 is 0 Å². The largest absolute Gasteiger partial charge is 0.397 e. The molecule has 0 radical (unpaired) electrons. The highest BCUT2D eigenvalue weighted by Gasteiger charge is 2.10. The van der Waals surface area contributed by atoms with Gasteiger partial charge in [-0.05, 0) is 42.3 Å². The fourth-order valence-corrected chi connectivity index (χ4v) is 2.58. The molecule has 0 saturated carbocycles. The van der Waals surface area contributed by atoms with Crippen molar-refractivity contribution in [3.8, 4) is 0 Å². The van der Waals surface area contributed by atoms with Crippen molar-refractivity contribution in [1.82, 2.24) is 0 Å². The fourth-order valence-electron chi connectivity index (χ4n) is 2.03. The molecule has 0 fully saturated rings. The van der Waals surface area contributed by atoms with Gasteiger partial charge in [-0.1, -0.05) is 25.5 Å². The predicted molar refractivity (Wildman–Crippen MR) is 85.9 cm³/mol. The molecular formula is C15H19N3O2S. The number of benzene rings is 2. The Hall–Kier alpha value is -2.05. The SMILES string of the molecule is CCCc1ccc(Nc2ccc(S(N)(=O)=O)cc2N)cc1. The summed E-state index contributed by atoms with van der Waals surface area (Å²) in [5.74, 6) is 0. The zero-order valence-corrected chi connectivity index (χ0v) is 12.7. The van der Waals surface area contributed by atoms with Crippen LogP contribution in [0.15, 0.2) is 47.4 Å². The molecule has 0 aromatic heterocycles. The number of nitrogen functional groups attached to an aromatic ring is 1. The number of primary sulfonamides is 1. The summed E-state index contributed by atoms with van der Waals surface area (Å²) < 4.78 is 22.5. The van der Waals surface area contributed by atoms with E-state index in [-0.39, 0.29) is 4.90 Å². The highest BCUT2D eigenvalue weighted by molar-refractivity contribution is 7.89. The molecule has 21 heavy (non-hydrogen) atoms. The Kier molecular flexibility index (Phi) is 4.50. The Bertz CT molecular complexity index is 725. The molecule has 0 aliphatic rings. The standard InChI is InChI=1S/C15H19N3O2S/c1-2-3-11-4-6-12(7-5-11)18-15-9-8-13(10-14(15)16)21(17,19)20/h4-10,18H,2-3,16H2,1H3,(H2,17,19,20). The van der Waals surface area contributed by atoms with E-state index in [2.05, 4.69) is 24.4 Å². The van der Waals surface area contributed by atoms with Crippen LogP contribution in [-0.2, 0) is 16.4 Å². The molecule has 112 valence electrons. The first-order chi connectivity index (χ1) is 9.90. The summed E-state index contributed by atoms with van der Waals surface area (Å²) in [6, 6.07) is 12.4. The van der Waals surface area contributed by atoms with Gasteiger partial charge in [0, 0.05) is 5.69 Å². The Morgan fingerprint density at radius 3 is 2.29 bits per heavy atom. The van der Waals surface area contributed by atoms with Gasteiger partial charge in [-0.15, -0.1) is 0 Å². The third-order valence-electron chi connectivity index (χ3n) is 3.12. The molecule has 0 unspecified atom stereocenters. The average Bonchev–Trinajstić information content (AvgIpc) is 2.42. The van der Waals surface area contributed by atoms with Crippen molar-refractivity contribution < 1.29 is 8.42 Å². The van der Waals surface area contributed by atoms with E-state index in [9.17, 15) is 8.42 Å².